The predicted molar refractivity (Wildman–Crippen MR) is 110 cm³/mol. The average molecular weight is 381 g/mol. The fourth-order valence-electron chi connectivity index (χ4n) is 3.50. The molecule has 1 N–H and O–H groups in total. The van der Waals surface area contributed by atoms with Gasteiger partial charge in [0.1, 0.15) is 5.01 Å². The molecule has 0 aliphatic carbocycles. The lowest BCUT2D eigenvalue weighted by atomic mass is 10.0. The van der Waals surface area contributed by atoms with Crippen molar-refractivity contribution in [3.63, 3.8) is 0 Å². The molecule has 4 rings (SSSR count). The SMILES string of the molecule is CN=C(NCc1nc(-c2ccccc2)cs1)N1CCC(c2cnn(C)c2)C1. The highest BCUT2D eigenvalue weighted by atomic mass is 32.1. The lowest BCUT2D eigenvalue weighted by Crippen LogP contribution is -2.39. The summed E-state index contributed by atoms with van der Waals surface area (Å²) in [6.07, 6.45) is 5.22. The second-order valence-electron chi connectivity index (χ2n) is 6.77. The predicted octanol–water partition coefficient (Wildman–Crippen LogP) is 3.11. The van der Waals surface area contributed by atoms with E-state index in [1.165, 1.54) is 5.56 Å². The summed E-state index contributed by atoms with van der Waals surface area (Å²) in [4.78, 5) is 11.5. The van der Waals surface area contributed by atoms with Gasteiger partial charge < -0.3 is 10.2 Å². The Bertz CT molecular complexity index is 913. The molecule has 0 amide bonds. The van der Waals surface area contributed by atoms with E-state index in [0.717, 1.165) is 41.7 Å². The Balaban J connectivity index is 1.36. The summed E-state index contributed by atoms with van der Waals surface area (Å²) < 4.78 is 1.87. The first-order valence-electron chi connectivity index (χ1n) is 9.17. The maximum atomic E-state index is 4.75. The number of aromatic nitrogens is 3. The van der Waals surface area contributed by atoms with Gasteiger partial charge in [0.2, 0.25) is 0 Å². The maximum Gasteiger partial charge on any atom is 0.194 e. The van der Waals surface area contributed by atoms with Crippen LogP contribution in [0.2, 0.25) is 0 Å². The van der Waals surface area contributed by atoms with Crippen LogP contribution in [0.4, 0.5) is 0 Å². The second-order valence-corrected chi connectivity index (χ2v) is 7.71. The number of guanidine groups is 1. The number of hydrogen-bond donors (Lipinski definition) is 1. The Kier molecular flexibility index (Phi) is 5.20. The zero-order valence-corrected chi connectivity index (χ0v) is 16.5. The van der Waals surface area contributed by atoms with Gasteiger partial charge >= 0.3 is 0 Å². The molecule has 1 unspecified atom stereocenters. The number of thiazole rings is 1. The minimum absolute atomic E-state index is 0.516. The molecule has 140 valence electrons. The number of hydrogen-bond acceptors (Lipinski definition) is 4. The maximum absolute atomic E-state index is 4.75. The van der Waals surface area contributed by atoms with Crippen molar-refractivity contribution in [2.75, 3.05) is 20.1 Å². The van der Waals surface area contributed by atoms with Crippen LogP contribution >= 0.6 is 11.3 Å². The molecule has 1 aromatic carbocycles. The highest BCUT2D eigenvalue weighted by Gasteiger charge is 2.26. The number of aryl methyl sites for hydroxylation is 1. The number of nitrogens with one attached hydrogen (secondary N) is 1. The van der Waals surface area contributed by atoms with E-state index in [1.807, 2.05) is 43.2 Å². The lowest BCUT2D eigenvalue weighted by molar-refractivity contribution is 0.485. The van der Waals surface area contributed by atoms with Crippen molar-refractivity contribution in [2.45, 2.75) is 18.9 Å². The smallest absolute Gasteiger partial charge is 0.194 e. The quantitative estimate of drug-likeness (QED) is 0.558. The number of aliphatic imine (C=N–C) groups is 1. The van der Waals surface area contributed by atoms with Crippen molar-refractivity contribution >= 4 is 17.3 Å². The van der Waals surface area contributed by atoms with E-state index < -0.39 is 0 Å². The third kappa shape index (κ3) is 4.03. The van der Waals surface area contributed by atoms with E-state index in [0.29, 0.717) is 12.5 Å². The molecule has 3 aromatic rings. The van der Waals surface area contributed by atoms with Gasteiger partial charge in [-0.3, -0.25) is 9.67 Å². The average Bonchev–Trinajstić information content (AvgIpc) is 3.44. The minimum atomic E-state index is 0.516. The van der Waals surface area contributed by atoms with E-state index in [-0.39, 0.29) is 0 Å². The Morgan fingerprint density at radius 3 is 2.93 bits per heavy atom. The molecule has 6 nitrogen and oxygen atoms in total. The van der Waals surface area contributed by atoms with Crippen LogP contribution in [0.1, 0.15) is 22.9 Å². The molecule has 1 saturated heterocycles. The standard InChI is InChI=1S/C20H24N6S/c1-21-20(26-9-8-16(13-26)17-10-23-25(2)12-17)22-11-19-24-18(14-27-19)15-6-4-3-5-7-15/h3-7,10,12,14,16H,8-9,11,13H2,1-2H3,(H,21,22). The molecule has 0 spiro atoms. The molecule has 1 fully saturated rings. The summed E-state index contributed by atoms with van der Waals surface area (Å²) in [7, 11) is 3.81. The molecule has 0 radical (unpaired) electrons. The van der Waals surface area contributed by atoms with Crippen molar-refractivity contribution in [2.24, 2.45) is 12.0 Å². The van der Waals surface area contributed by atoms with Gasteiger partial charge in [-0.1, -0.05) is 30.3 Å². The van der Waals surface area contributed by atoms with E-state index >= 15 is 0 Å². The summed E-state index contributed by atoms with van der Waals surface area (Å²) in [6, 6.07) is 10.3. The number of benzene rings is 1. The first kappa shape index (κ1) is 17.7. The summed E-state index contributed by atoms with van der Waals surface area (Å²) in [5.74, 6) is 1.46. The van der Waals surface area contributed by atoms with E-state index in [4.69, 9.17) is 4.98 Å². The molecule has 0 bridgehead atoms. The fourth-order valence-corrected chi connectivity index (χ4v) is 4.24. The van der Waals surface area contributed by atoms with Gasteiger partial charge in [0.25, 0.3) is 0 Å². The molecule has 1 aliphatic heterocycles. The molecule has 1 aliphatic rings. The molecule has 3 heterocycles. The van der Waals surface area contributed by atoms with Gasteiger partial charge in [0.15, 0.2) is 5.96 Å². The molecule has 27 heavy (non-hydrogen) atoms. The number of likely N-dealkylation sites (tertiary alicyclic amines) is 1. The van der Waals surface area contributed by atoms with Crippen LogP contribution in [-0.4, -0.2) is 45.8 Å². The van der Waals surface area contributed by atoms with Crippen LogP contribution in [-0.2, 0) is 13.6 Å². The van der Waals surface area contributed by atoms with Gasteiger partial charge in [-0.2, -0.15) is 5.10 Å². The Morgan fingerprint density at radius 1 is 1.33 bits per heavy atom. The lowest BCUT2D eigenvalue weighted by Gasteiger charge is -2.21. The van der Waals surface area contributed by atoms with Crippen molar-refractivity contribution < 1.29 is 0 Å². The minimum Gasteiger partial charge on any atom is -0.350 e. The summed E-state index contributed by atoms with van der Waals surface area (Å²) in [5.41, 5.74) is 3.50. The Hall–Kier alpha value is -2.67. The molecule has 1 atom stereocenters. The molecular weight excluding hydrogens is 356 g/mol. The highest BCUT2D eigenvalue weighted by molar-refractivity contribution is 7.09. The molecule has 0 saturated carbocycles. The van der Waals surface area contributed by atoms with Crippen molar-refractivity contribution in [3.05, 3.63) is 58.7 Å². The summed E-state index contributed by atoms with van der Waals surface area (Å²) >= 11 is 1.68. The van der Waals surface area contributed by atoms with Gasteiger partial charge in [-0.15, -0.1) is 11.3 Å². The van der Waals surface area contributed by atoms with E-state index in [9.17, 15) is 0 Å². The number of rotatable bonds is 4. The van der Waals surface area contributed by atoms with Crippen molar-refractivity contribution in [1.29, 1.82) is 0 Å². The third-order valence-corrected chi connectivity index (χ3v) is 5.76. The zero-order chi connectivity index (χ0) is 18.6. The zero-order valence-electron chi connectivity index (χ0n) is 15.7. The fraction of sp³-hybridized carbons (Fsp3) is 0.350. The Labute approximate surface area is 163 Å². The molecule has 2 aromatic heterocycles. The first-order chi connectivity index (χ1) is 13.2. The van der Waals surface area contributed by atoms with Gasteiger partial charge in [-0.05, 0) is 12.0 Å². The van der Waals surface area contributed by atoms with Crippen LogP contribution in [0.5, 0.6) is 0 Å². The van der Waals surface area contributed by atoms with Gasteiger partial charge in [-0.25, -0.2) is 4.98 Å². The highest BCUT2D eigenvalue weighted by Crippen LogP contribution is 2.27. The normalized spacial score (nSPS) is 17.5. The van der Waals surface area contributed by atoms with Crippen LogP contribution in [0.3, 0.4) is 0 Å². The molecular formula is C20H24N6S. The van der Waals surface area contributed by atoms with Crippen LogP contribution in [0.25, 0.3) is 11.3 Å². The van der Waals surface area contributed by atoms with Gasteiger partial charge in [0.05, 0.1) is 18.4 Å². The second kappa shape index (κ2) is 7.92. The van der Waals surface area contributed by atoms with Crippen molar-refractivity contribution in [3.8, 4) is 11.3 Å². The summed E-state index contributed by atoms with van der Waals surface area (Å²) in [6.45, 7) is 2.67. The monoisotopic (exact) mass is 380 g/mol. The van der Waals surface area contributed by atoms with E-state index in [1.54, 1.807) is 11.3 Å². The summed E-state index contributed by atoms with van der Waals surface area (Å²) in [5, 5.41) is 11.0. The Morgan fingerprint density at radius 2 is 2.19 bits per heavy atom. The van der Waals surface area contributed by atoms with Crippen LogP contribution in [0.15, 0.2) is 53.1 Å². The number of nitrogens with zero attached hydrogens (tertiary/aromatic N) is 5. The van der Waals surface area contributed by atoms with Crippen LogP contribution < -0.4 is 5.32 Å². The van der Waals surface area contributed by atoms with Crippen LogP contribution in [0, 0.1) is 0 Å². The third-order valence-electron chi connectivity index (χ3n) is 4.91. The van der Waals surface area contributed by atoms with Crippen molar-refractivity contribution in [1.82, 2.24) is 25.0 Å². The van der Waals surface area contributed by atoms with E-state index in [2.05, 4.69) is 44.0 Å². The largest absolute Gasteiger partial charge is 0.350 e. The van der Waals surface area contributed by atoms with Gasteiger partial charge in [0, 0.05) is 50.2 Å². The first-order valence-corrected chi connectivity index (χ1v) is 10.0. The molecule has 7 heteroatoms. The topological polar surface area (TPSA) is 58.3 Å².